The minimum atomic E-state index is -0.0700. The molecule has 1 aliphatic heterocycles. The van der Waals surface area contributed by atoms with Crippen molar-refractivity contribution >= 4 is 5.91 Å². The molecule has 0 bridgehead atoms. The number of carbonyl (C=O) groups excluding carboxylic acids is 1. The number of hydrogen-bond acceptors (Lipinski definition) is 3. The smallest absolute Gasteiger partial charge is 0.257 e. The van der Waals surface area contributed by atoms with E-state index in [1.807, 2.05) is 18.9 Å². The predicted octanol–water partition coefficient (Wildman–Crippen LogP) is 1.91. The summed E-state index contributed by atoms with van der Waals surface area (Å²) in [5.41, 5.74) is 1.51. The van der Waals surface area contributed by atoms with Gasteiger partial charge in [0.2, 0.25) is 0 Å². The fraction of sp³-hybridized carbons (Fsp3) is 0.533. The van der Waals surface area contributed by atoms with Crippen LogP contribution in [-0.2, 0) is 0 Å². The molecule has 0 saturated carbocycles. The minimum Gasteiger partial charge on any atom is -0.507 e. The number of aryl methyl sites for hydroxylation is 1. The Hall–Kier alpha value is -1.55. The highest BCUT2D eigenvalue weighted by molar-refractivity contribution is 5.97. The van der Waals surface area contributed by atoms with E-state index >= 15 is 0 Å². The Morgan fingerprint density at radius 2 is 2.00 bits per heavy atom. The second-order valence-electron chi connectivity index (χ2n) is 5.62. The molecule has 19 heavy (non-hydrogen) atoms. The van der Waals surface area contributed by atoms with Crippen molar-refractivity contribution in [3.8, 4) is 5.75 Å². The molecule has 0 unspecified atom stereocenters. The highest BCUT2D eigenvalue weighted by Gasteiger charge is 2.31. The molecule has 0 aromatic heterocycles. The van der Waals surface area contributed by atoms with Crippen LogP contribution in [0.1, 0.15) is 35.7 Å². The molecule has 2 rings (SSSR count). The van der Waals surface area contributed by atoms with E-state index < -0.39 is 0 Å². The Bertz CT molecular complexity index is 477. The zero-order valence-electron chi connectivity index (χ0n) is 11.9. The van der Waals surface area contributed by atoms with Gasteiger partial charge in [-0.1, -0.05) is 11.6 Å². The third-order valence-electron chi connectivity index (χ3n) is 4.14. The normalized spacial score (nSPS) is 18.4. The lowest BCUT2D eigenvalue weighted by Crippen LogP contribution is -2.51. The zero-order chi connectivity index (χ0) is 14.0. The topological polar surface area (TPSA) is 52.6 Å². The first-order valence-electron chi connectivity index (χ1n) is 6.73. The van der Waals surface area contributed by atoms with Crippen LogP contribution in [0.4, 0.5) is 0 Å². The molecule has 4 heteroatoms. The van der Waals surface area contributed by atoms with E-state index in [9.17, 15) is 9.90 Å². The average molecular weight is 262 g/mol. The lowest BCUT2D eigenvalue weighted by atomic mass is 9.89. The van der Waals surface area contributed by atoms with E-state index in [0.717, 1.165) is 31.5 Å². The van der Waals surface area contributed by atoms with Gasteiger partial charge in [0.1, 0.15) is 5.75 Å². The number of aromatic hydroxyl groups is 1. The fourth-order valence-electron chi connectivity index (χ4n) is 2.44. The Kier molecular flexibility index (Phi) is 3.80. The number of carbonyl (C=O) groups is 1. The van der Waals surface area contributed by atoms with Gasteiger partial charge in [0, 0.05) is 18.6 Å². The van der Waals surface area contributed by atoms with Gasteiger partial charge in [0.25, 0.3) is 5.91 Å². The highest BCUT2D eigenvalue weighted by Crippen LogP contribution is 2.25. The summed E-state index contributed by atoms with van der Waals surface area (Å²) in [5, 5.41) is 13.1. The molecular weight excluding hydrogens is 240 g/mol. The first-order chi connectivity index (χ1) is 8.95. The SMILES string of the molecule is CNC1(C)CCN(C(=O)c2cc(C)ccc2O)CC1. The average Bonchev–Trinajstić information content (AvgIpc) is 2.42. The standard InChI is InChI=1S/C15H22N2O2/c1-11-4-5-13(18)12(10-11)14(19)17-8-6-15(2,16-3)7-9-17/h4-5,10,16,18H,6-9H2,1-3H3. The van der Waals surface area contributed by atoms with Gasteiger partial charge in [-0.05, 0) is 45.9 Å². The van der Waals surface area contributed by atoms with Crippen LogP contribution in [0.5, 0.6) is 5.75 Å². The van der Waals surface area contributed by atoms with Crippen molar-refractivity contribution in [1.29, 1.82) is 0 Å². The van der Waals surface area contributed by atoms with Gasteiger partial charge in [0.05, 0.1) is 5.56 Å². The summed E-state index contributed by atoms with van der Waals surface area (Å²) in [7, 11) is 1.96. The van der Waals surface area contributed by atoms with E-state index in [-0.39, 0.29) is 17.2 Å². The molecule has 1 fully saturated rings. The first kappa shape index (κ1) is 13.9. The van der Waals surface area contributed by atoms with Gasteiger partial charge in [-0.25, -0.2) is 0 Å². The van der Waals surface area contributed by atoms with Crippen LogP contribution in [-0.4, -0.2) is 41.6 Å². The summed E-state index contributed by atoms with van der Waals surface area (Å²) in [6, 6.07) is 5.15. The van der Waals surface area contributed by atoms with Crippen LogP contribution in [0.2, 0.25) is 0 Å². The van der Waals surface area contributed by atoms with E-state index in [0.29, 0.717) is 5.56 Å². The van der Waals surface area contributed by atoms with Crippen LogP contribution in [0.15, 0.2) is 18.2 Å². The Balaban J connectivity index is 2.11. The summed E-state index contributed by atoms with van der Waals surface area (Å²) >= 11 is 0. The summed E-state index contributed by atoms with van der Waals surface area (Å²) in [4.78, 5) is 14.2. The lowest BCUT2D eigenvalue weighted by Gasteiger charge is -2.39. The van der Waals surface area contributed by atoms with Gasteiger partial charge in [-0.3, -0.25) is 4.79 Å². The third kappa shape index (κ3) is 2.89. The maximum Gasteiger partial charge on any atom is 0.257 e. The van der Waals surface area contributed by atoms with Crippen molar-refractivity contribution in [2.45, 2.75) is 32.2 Å². The number of amides is 1. The van der Waals surface area contributed by atoms with E-state index in [1.54, 1.807) is 18.2 Å². The van der Waals surface area contributed by atoms with E-state index in [1.165, 1.54) is 0 Å². The van der Waals surface area contributed by atoms with Gasteiger partial charge < -0.3 is 15.3 Å². The molecule has 0 aliphatic carbocycles. The number of nitrogens with zero attached hydrogens (tertiary/aromatic N) is 1. The number of hydrogen-bond donors (Lipinski definition) is 2. The second kappa shape index (κ2) is 5.21. The van der Waals surface area contributed by atoms with Gasteiger partial charge in [-0.15, -0.1) is 0 Å². The number of rotatable bonds is 2. The van der Waals surface area contributed by atoms with Gasteiger partial charge >= 0.3 is 0 Å². The molecule has 1 aromatic rings. The van der Waals surface area contributed by atoms with Gasteiger partial charge in [-0.2, -0.15) is 0 Å². The van der Waals surface area contributed by atoms with Crippen LogP contribution < -0.4 is 5.32 Å². The molecule has 0 atom stereocenters. The van der Waals surface area contributed by atoms with Crippen LogP contribution in [0.3, 0.4) is 0 Å². The molecule has 0 radical (unpaired) electrons. The molecule has 2 N–H and O–H groups in total. The fourth-order valence-corrected chi connectivity index (χ4v) is 2.44. The van der Waals surface area contributed by atoms with Crippen molar-refractivity contribution in [1.82, 2.24) is 10.2 Å². The Morgan fingerprint density at radius 1 is 1.37 bits per heavy atom. The van der Waals surface area contributed by atoms with Gasteiger partial charge in [0.15, 0.2) is 0 Å². The van der Waals surface area contributed by atoms with E-state index in [4.69, 9.17) is 0 Å². The summed E-state index contributed by atoms with van der Waals surface area (Å²) in [6.07, 6.45) is 1.86. The van der Waals surface area contributed by atoms with Crippen LogP contribution >= 0.6 is 0 Å². The van der Waals surface area contributed by atoms with Crippen LogP contribution in [0, 0.1) is 6.92 Å². The number of benzene rings is 1. The quantitative estimate of drug-likeness (QED) is 0.856. The number of piperidine rings is 1. The second-order valence-corrected chi connectivity index (χ2v) is 5.62. The summed E-state index contributed by atoms with van der Waals surface area (Å²) in [6.45, 7) is 5.55. The third-order valence-corrected chi connectivity index (χ3v) is 4.14. The maximum absolute atomic E-state index is 12.4. The molecule has 1 amide bonds. The molecule has 1 heterocycles. The van der Waals surface area contributed by atoms with E-state index in [2.05, 4.69) is 12.2 Å². The summed E-state index contributed by atoms with van der Waals surface area (Å²) < 4.78 is 0. The lowest BCUT2D eigenvalue weighted by molar-refractivity contribution is 0.0659. The van der Waals surface area contributed by atoms with Crippen molar-refractivity contribution < 1.29 is 9.90 Å². The summed E-state index contributed by atoms with van der Waals surface area (Å²) in [5.74, 6) is -0.00287. The predicted molar refractivity (Wildman–Crippen MR) is 75.4 cm³/mol. The Labute approximate surface area is 114 Å². The first-order valence-corrected chi connectivity index (χ1v) is 6.73. The zero-order valence-corrected chi connectivity index (χ0v) is 11.9. The number of phenolic OH excluding ortho intramolecular Hbond substituents is 1. The molecule has 1 aliphatic rings. The molecule has 4 nitrogen and oxygen atoms in total. The van der Waals surface area contributed by atoms with Crippen molar-refractivity contribution in [3.63, 3.8) is 0 Å². The van der Waals surface area contributed by atoms with Crippen molar-refractivity contribution in [2.24, 2.45) is 0 Å². The highest BCUT2D eigenvalue weighted by atomic mass is 16.3. The molecular formula is C15H22N2O2. The molecule has 0 spiro atoms. The molecule has 104 valence electrons. The Morgan fingerprint density at radius 3 is 2.58 bits per heavy atom. The number of nitrogens with one attached hydrogen (secondary N) is 1. The number of phenols is 1. The maximum atomic E-state index is 12.4. The molecule has 1 saturated heterocycles. The minimum absolute atomic E-state index is 0.0672. The largest absolute Gasteiger partial charge is 0.507 e. The van der Waals surface area contributed by atoms with Crippen LogP contribution in [0.25, 0.3) is 0 Å². The monoisotopic (exact) mass is 262 g/mol. The van der Waals surface area contributed by atoms with Crippen molar-refractivity contribution in [2.75, 3.05) is 20.1 Å². The molecule has 1 aromatic carbocycles. The number of likely N-dealkylation sites (tertiary alicyclic amines) is 1. The van der Waals surface area contributed by atoms with Crippen molar-refractivity contribution in [3.05, 3.63) is 29.3 Å².